The van der Waals surface area contributed by atoms with Gasteiger partial charge in [0.25, 0.3) is 5.91 Å². The number of carbonyl (C=O) groups excluding carboxylic acids is 1. The molecule has 1 aliphatic rings. The smallest absolute Gasteiger partial charge is 0.251 e. The molecule has 2 atom stereocenters. The average Bonchev–Trinajstić information content (AvgIpc) is 2.48. The van der Waals surface area contributed by atoms with Gasteiger partial charge in [0.1, 0.15) is 0 Å². The van der Waals surface area contributed by atoms with Crippen molar-refractivity contribution in [1.29, 1.82) is 0 Å². The van der Waals surface area contributed by atoms with Gasteiger partial charge in [0, 0.05) is 16.5 Å². The van der Waals surface area contributed by atoms with Crippen LogP contribution in [0.4, 0.5) is 0 Å². The summed E-state index contributed by atoms with van der Waals surface area (Å²) < 4.78 is 0. The van der Waals surface area contributed by atoms with Crippen molar-refractivity contribution in [3.8, 4) is 0 Å². The molecule has 20 heavy (non-hydrogen) atoms. The van der Waals surface area contributed by atoms with E-state index in [2.05, 4.69) is 11.4 Å². The Hall–Kier alpha value is -1.00. The maximum Gasteiger partial charge on any atom is 0.251 e. The zero-order valence-electron chi connectivity index (χ0n) is 12.3. The first kappa shape index (κ1) is 15.4. The molecule has 2 rings (SSSR count). The number of benzene rings is 1. The number of hydrogen-bond acceptors (Lipinski definition) is 3. The quantitative estimate of drug-likeness (QED) is 0.839. The summed E-state index contributed by atoms with van der Waals surface area (Å²) in [6, 6.07) is 6.29. The maximum absolute atomic E-state index is 12.5. The maximum atomic E-state index is 12.5. The van der Waals surface area contributed by atoms with E-state index in [0.717, 1.165) is 28.9 Å². The van der Waals surface area contributed by atoms with E-state index in [-0.39, 0.29) is 11.9 Å². The molecule has 1 aromatic rings. The zero-order valence-corrected chi connectivity index (χ0v) is 13.1. The minimum absolute atomic E-state index is 0.0451. The second-order valence-corrected chi connectivity index (χ2v) is 6.42. The molecule has 0 saturated heterocycles. The fraction of sp³-hybridized carbons (Fsp3) is 0.562. The number of carbonyl (C=O) groups is 1. The number of aryl methyl sites for hydroxylation is 1. The molecule has 3 N–H and O–H groups in total. The van der Waals surface area contributed by atoms with Crippen molar-refractivity contribution in [1.82, 2.24) is 5.32 Å². The van der Waals surface area contributed by atoms with E-state index in [9.17, 15) is 4.79 Å². The Morgan fingerprint density at radius 1 is 1.40 bits per heavy atom. The van der Waals surface area contributed by atoms with E-state index in [1.807, 2.05) is 25.3 Å². The molecule has 3 nitrogen and oxygen atoms in total. The van der Waals surface area contributed by atoms with Crippen LogP contribution in [0.25, 0.3) is 0 Å². The highest BCUT2D eigenvalue weighted by atomic mass is 32.2. The summed E-state index contributed by atoms with van der Waals surface area (Å²) in [5.74, 6) is 0.473. The van der Waals surface area contributed by atoms with Crippen LogP contribution in [-0.4, -0.2) is 24.7 Å². The predicted octanol–water partition coefficient (Wildman–Crippen LogP) is 2.96. The van der Waals surface area contributed by atoms with Gasteiger partial charge in [-0.15, -0.1) is 11.8 Å². The van der Waals surface area contributed by atoms with Gasteiger partial charge in [-0.2, -0.15) is 0 Å². The van der Waals surface area contributed by atoms with Gasteiger partial charge in [0.15, 0.2) is 0 Å². The van der Waals surface area contributed by atoms with Crippen LogP contribution in [0.1, 0.15) is 41.6 Å². The topological polar surface area (TPSA) is 55.1 Å². The van der Waals surface area contributed by atoms with Crippen molar-refractivity contribution < 1.29 is 4.79 Å². The minimum atomic E-state index is 0.0451. The number of nitrogens with two attached hydrogens (primary N) is 1. The number of nitrogens with one attached hydrogen (secondary N) is 1. The average molecular weight is 292 g/mol. The normalized spacial score (nSPS) is 22.6. The molecular weight excluding hydrogens is 268 g/mol. The summed E-state index contributed by atoms with van der Waals surface area (Å²) in [7, 11) is 0. The van der Waals surface area contributed by atoms with Crippen LogP contribution < -0.4 is 11.1 Å². The Morgan fingerprint density at radius 2 is 2.15 bits per heavy atom. The Bertz CT molecular complexity index is 476. The first-order valence-corrected chi connectivity index (χ1v) is 8.53. The second kappa shape index (κ2) is 7.14. The lowest BCUT2D eigenvalue weighted by Crippen LogP contribution is -2.44. The molecular formula is C16H24N2OS. The summed E-state index contributed by atoms with van der Waals surface area (Å²) in [6.45, 7) is 2.65. The van der Waals surface area contributed by atoms with E-state index in [4.69, 9.17) is 5.73 Å². The molecule has 0 radical (unpaired) electrons. The highest BCUT2D eigenvalue weighted by Crippen LogP contribution is 2.25. The van der Waals surface area contributed by atoms with E-state index in [1.165, 1.54) is 12.8 Å². The third-order valence-electron chi connectivity index (χ3n) is 4.22. The van der Waals surface area contributed by atoms with Crippen molar-refractivity contribution in [2.75, 3.05) is 12.8 Å². The Kier molecular flexibility index (Phi) is 5.49. The summed E-state index contributed by atoms with van der Waals surface area (Å²) in [4.78, 5) is 13.6. The van der Waals surface area contributed by atoms with Gasteiger partial charge in [-0.05, 0) is 56.2 Å². The SMILES string of the molecule is CSc1ccc(C)c(C(=O)NC2CCCCC2CN)c1. The lowest BCUT2D eigenvalue weighted by molar-refractivity contribution is 0.0907. The fourth-order valence-electron chi connectivity index (χ4n) is 2.90. The minimum Gasteiger partial charge on any atom is -0.349 e. The van der Waals surface area contributed by atoms with Gasteiger partial charge in [-0.1, -0.05) is 18.9 Å². The predicted molar refractivity (Wildman–Crippen MR) is 85.2 cm³/mol. The molecule has 1 aromatic carbocycles. The summed E-state index contributed by atoms with van der Waals surface area (Å²) in [5.41, 5.74) is 7.65. The molecule has 1 saturated carbocycles. The van der Waals surface area contributed by atoms with Crippen molar-refractivity contribution in [3.63, 3.8) is 0 Å². The standard InChI is InChI=1S/C16H24N2OS/c1-11-7-8-13(20-2)9-14(11)16(19)18-15-6-4-3-5-12(15)10-17/h7-9,12,15H,3-6,10,17H2,1-2H3,(H,18,19). The van der Waals surface area contributed by atoms with Crippen molar-refractivity contribution >= 4 is 17.7 Å². The second-order valence-electron chi connectivity index (χ2n) is 5.54. The van der Waals surface area contributed by atoms with Gasteiger partial charge in [0.05, 0.1) is 0 Å². The third kappa shape index (κ3) is 3.55. The van der Waals surface area contributed by atoms with Crippen LogP contribution in [0.15, 0.2) is 23.1 Å². The Morgan fingerprint density at radius 3 is 2.85 bits per heavy atom. The first-order valence-electron chi connectivity index (χ1n) is 7.31. The van der Waals surface area contributed by atoms with E-state index in [1.54, 1.807) is 11.8 Å². The molecule has 0 spiro atoms. The largest absolute Gasteiger partial charge is 0.349 e. The molecule has 1 aliphatic carbocycles. The summed E-state index contributed by atoms with van der Waals surface area (Å²) in [6.07, 6.45) is 6.62. The molecule has 110 valence electrons. The molecule has 4 heteroatoms. The summed E-state index contributed by atoms with van der Waals surface area (Å²) >= 11 is 1.66. The monoisotopic (exact) mass is 292 g/mol. The molecule has 1 fully saturated rings. The molecule has 0 heterocycles. The van der Waals surface area contributed by atoms with Crippen LogP contribution in [-0.2, 0) is 0 Å². The molecule has 1 amide bonds. The van der Waals surface area contributed by atoms with Crippen LogP contribution in [0.5, 0.6) is 0 Å². The van der Waals surface area contributed by atoms with Crippen molar-refractivity contribution in [3.05, 3.63) is 29.3 Å². The number of amides is 1. The van der Waals surface area contributed by atoms with Gasteiger partial charge in [-0.3, -0.25) is 4.79 Å². The van der Waals surface area contributed by atoms with E-state index < -0.39 is 0 Å². The molecule has 0 bridgehead atoms. The van der Waals surface area contributed by atoms with Crippen molar-refractivity contribution in [2.24, 2.45) is 11.7 Å². The number of hydrogen-bond donors (Lipinski definition) is 2. The summed E-state index contributed by atoms with van der Waals surface area (Å²) in [5, 5.41) is 3.20. The number of thioether (sulfide) groups is 1. The Balaban J connectivity index is 2.11. The first-order chi connectivity index (χ1) is 9.65. The van der Waals surface area contributed by atoms with Crippen LogP contribution in [0.3, 0.4) is 0 Å². The number of rotatable bonds is 4. The van der Waals surface area contributed by atoms with Crippen LogP contribution >= 0.6 is 11.8 Å². The van der Waals surface area contributed by atoms with Gasteiger partial charge in [0.2, 0.25) is 0 Å². The van der Waals surface area contributed by atoms with Gasteiger partial charge >= 0.3 is 0 Å². The van der Waals surface area contributed by atoms with Crippen LogP contribution in [0.2, 0.25) is 0 Å². The van der Waals surface area contributed by atoms with E-state index >= 15 is 0 Å². The lowest BCUT2D eigenvalue weighted by atomic mass is 9.84. The third-order valence-corrected chi connectivity index (χ3v) is 4.94. The highest BCUT2D eigenvalue weighted by Gasteiger charge is 2.26. The van der Waals surface area contributed by atoms with Crippen LogP contribution in [0, 0.1) is 12.8 Å². The zero-order chi connectivity index (χ0) is 14.5. The molecule has 0 aliphatic heterocycles. The molecule has 2 unspecified atom stereocenters. The van der Waals surface area contributed by atoms with Crippen molar-refractivity contribution in [2.45, 2.75) is 43.5 Å². The fourth-order valence-corrected chi connectivity index (χ4v) is 3.34. The molecule has 0 aromatic heterocycles. The highest BCUT2D eigenvalue weighted by molar-refractivity contribution is 7.98. The van der Waals surface area contributed by atoms with E-state index in [0.29, 0.717) is 12.5 Å². The van der Waals surface area contributed by atoms with Gasteiger partial charge < -0.3 is 11.1 Å². The van der Waals surface area contributed by atoms with Gasteiger partial charge in [-0.25, -0.2) is 0 Å². The lowest BCUT2D eigenvalue weighted by Gasteiger charge is -2.31. The Labute approximate surface area is 125 Å².